The molecule has 0 bridgehead atoms. The van der Waals surface area contributed by atoms with Gasteiger partial charge in [0, 0.05) is 23.7 Å². The molecule has 2 N–H and O–H groups in total. The third kappa shape index (κ3) is 4.10. The summed E-state index contributed by atoms with van der Waals surface area (Å²) in [6, 6.07) is 16.2. The number of nitrogens with one attached hydrogen (secondary N) is 1. The third-order valence-corrected chi connectivity index (χ3v) is 4.15. The Morgan fingerprint density at radius 1 is 1.08 bits per heavy atom. The molecule has 0 radical (unpaired) electrons. The van der Waals surface area contributed by atoms with Crippen LogP contribution >= 0.6 is 0 Å². The van der Waals surface area contributed by atoms with Crippen molar-refractivity contribution in [2.75, 3.05) is 6.61 Å². The number of aryl methyl sites for hydroxylation is 1. The van der Waals surface area contributed by atoms with Crippen molar-refractivity contribution < 1.29 is 14.7 Å². The van der Waals surface area contributed by atoms with E-state index in [4.69, 9.17) is 9.94 Å². The molecule has 2 aromatic carbocycles. The van der Waals surface area contributed by atoms with Crippen LogP contribution in [0.1, 0.15) is 23.2 Å². The molecule has 0 saturated heterocycles. The molecule has 6 nitrogen and oxygen atoms in total. The molecular formula is C20H20N2O4. The highest BCUT2D eigenvalue weighted by Gasteiger charge is 2.08. The molecular weight excluding hydrogens is 332 g/mol. The van der Waals surface area contributed by atoms with Gasteiger partial charge in [0.05, 0.1) is 6.61 Å². The molecule has 0 fully saturated rings. The highest BCUT2D eigenvalue weighted by Crippen LogP contribution is 2.13. The van der Waals surface area contributed by atoms with Crippen molar-refractivity contribution in [1.82, 2.24) is 10.0 Å². The lowest BCUT2D eigenvalue weighted by molar-refractivity contribution is 0.0706. The quantitative estimate of drug-likeness (QED) is 0.389. The van der Waals surface area contributed by atoms with E-state index in [9.17, 15) is 9.59 Å². The van der Waals surface area contributed by atoms with Gasteiger partial charge in [-0.15, -0.1) is 0 Å². The maximum atomic E-state index is 12.6. The number of hydroxylamine groups is 1. The van der Waals surface area contributed by atoms with Crippen molar-refractivity contribution in [3.8, 4) is 5.75 Å². The molecule has 1 heterocycles. The molecule has 0 aliphatic carbocycles. The highest BCUT2D eigenvalue weighted by molar-refractivity contribution is 5.97. The van der Waals surface area contributed by atoms with Crippen LogP contribution in [0.25, 0.3) is 10.8 Å². The van der Waals surface area contributed by atoms with Gasteiger partial charge < -0.3 is 9.30 Å². The number of unbranched alkanes of at least 4 members (excludes halogenated alkanes) is 1. The van der Waals surface area contributed by atoms with Gasteiger partial charge in [0.2, 0.25) is 0 Å². The molecule has 3 rings (SSSR count). The first-order valence-corrected chi connectivity index (χ1v) is 8.44. The Labute approximate surface area is 150 Å². The summed E-state index contributed by atoms with van der Waals surface area (Å²) in [6.07, 6.45) is 3.38. The second kappa shape index (κ2) is 8.31. The zero-order valence-electron chi connectivity index (χ0n) is 14.2. The van der Waals surface area contributed by atoms with Crippen LogP contribution in [0.3, 0.4) is 0 Å². The number of amides is 1. The van der Waals surface area contributed by atoms with E-state index in [1.165, 1.54) is 6.07 Å². The molecule has 1 amide bonds. The van der Waals surface area contributed by atoms with Crippen LogP contribution in [0, 0.1) is 0 Å². The van der Waals surface area contributed by atoms with E-state index in [0.29, 0.717) is 18.5 Å². The van der Waals surface area contributed by atoms with Gasteiger partial charge in [-0.3, -0.25) is 14.8 Å². The summed E-state index contributed by atoms with van der Waals surface area (Å²) in [7, 11) is 0. The van der Waals surface area contributed by atoms with Gasteiger partial charge in [-0.2, -0.15) is 0 Å². The van der Waals surface area contributed by atoms with Gasteiger partial charge in [-0.05, 0) is 48.6 Å². The van der Waals surface area contributed by atoms with Crippen LogP contribution in [-0.2, 0) is 6.54 Å². The number of pyridine rings is 1. The Bertz CT molecular complexity index is 951. The highest BCUT2D eigenvalue weighted by atomic mass is 16.5. The van der Waals surface area contributed by atoms with Gasteiger partial charge in [-0.25, -0.2) is 5.48 Å². The minimum absolute atomic E-state index is 0.154. The molecule has 1 aromatic heterocycles. The van der Waals surface area contributed by atoms with Crippen LogP contribution in [0.15, 0.2) is 65.6 Å². The van der Waals surface area contributed by atoms with Crippen molar-refractivity contribution in [2.24, 2.45) is 0 Å². The summed E-state index contributed by atoms with van der Waals surface area (Å²) >= 11 is 0. The Morgan fingerprint density at radius 2 is 1.88 bits per heavy atom. The third-order valence-electron chi connectivity index (χ3n) is 4.15. The molecule has 0 spiro atoms. The molecule has 0 saturated carbocycles. The van der Waals surface area contributed by atoms with E-state index >= 15 is 0 Å². The van der Waals surface area contributed by atoms with Crippen LogP contribution in [0.5, 0.6) is 5.75 Å². The lowest BCUT2D eigenvalue weighted by Crippen LogP contribution is -2.22. The molecule has 134 valence electrons. The fraction of sp³-hybridized carbons (Fsp3) is 0.200. The molecule has 0 unspecified atom stereocenters. The Hall–Kier alpha value is -3.12. The predicted molar refractivity (Wildman–Crippen MR) is 98.6 cm³/mol. The Balaban J connectivity index is 1.63. The molecule has 6 heteroatoms. The molecule has 26 heavy (non-hydrogen) atoms. The van der Waals surface area contributed by atoms with Crippen LogP contribution in [0.4, 0.5) is 0 Å². The number of hydrogen-bond acceptors (Lipinski definition) is 4. The van der Waals surface area contributed by atoms with E-state index in [1.807, 2.05) is 36.4 Å². The molecule has 0 aliphatic rings. The minimum atomic E-state index is -0.639. The van der Waals surface area contributed by atoms with E-state index in [0.717, 1.165) is 24.0 Å². The van der Waals surface area contributed by atoms with E-state index in [1.54, 1.807) is 28.4 Å². The van der Waals surface area contributed by atoms with Crippen molar-refractivity contribution in [3.63, 3.8) is 0 Å². The largest absolute Gasteiger partial charge is 0.494 e. The van der Waals surface area contributed by atoms with Gasteiger partial charge in [-0.1, -0.05) is 24.3 Å². The topological polar surface area (TPSA) is 80.6 Å². The molecule has 3 aromatic rings. The monoisotopic (exact) mass is 352 g/mol. The lowest BCUT2D eigenvalue weighted by atomic mass is 10.1. The number of carbonyl (C=O) groups excluding carboxylic acids is 1. The first-order chi connectivity index (χ1) is 12.7. The van der Waals surface area contributed by atoms with Gasteiger partial charge in [0.1, 0.15) is 5.75 Å². The zero-order valence-corrected chi connectivity index (χ0v) is 14.2. The summed E-state index contributed by atoms with van der Waals surface area (Å²) in [5.41, 5.74) is 1.67. The number of para-hydroxylation sites is 1. The number of nitrogens with zero attached hydrogens (tertiary/aromatic N) is 1. The first kappa shape index (κ1) is 17.7. The number of fused-ring (bicyclic) bond motifs is 1. The SMILES string of the molecule is O=C(NO)c1ccc2ccn(CCCCOc3ccccc3)c(=O)c2c1. The summed E-state index contributed by atoms with van der Waals surface area (Å²) in [4.78, 5) is 24.1. The average molecular weight is 352 g/mol. The Kier molecular flexibility index (Phi) is 5.66. The fourth-order valence-electron chi connectivity index (χ4n) is 2.75. The van der Waals surface area contributed by atoms with Crippen molar-refractivity contribution in [3.05, 3.63) is 76.7 Å². The van der Waals surface area contributed by atoms with Crippen molar-refractivity contribution in [2.45, 2.75) is 19.4 Å². The predicted octanol–water partition coefficient (Wildman–Crippen LogP) is 2.98. The number of benzene rings is 2. The van der Waals surface area contributed by atoms with Crippen LogP contribution < -0.4 is 15.8 Å². The number of carbonyl (C=O) groups is 1. The summed E-state index contributed by atoms with van der Waals surface area (Å²) in [5.74, 6) is 0.199. The molecule has 0 aliphatic heterocycles. The Morgan fingerprint density at radius 3 is 2.65 bits per heavy atom. The summed E-state index contributed by atoms with van der Waals surface area (Å²) in [5, 5.41) is 9.95. The number of rotatable bonds is 7. The van der Waals surface area contributed by atoms with E-state index in [-0.39, 0.29) is 11.1 Å². The number of ether oxygens (including phenoxy) is 1. The lowest BCUT2D eigenvalue weighted by Gasteiger charge is -2.09. The van der Waals surface area contributed by atoms with E-state index < -0.39 is 5.91 Å². The maximum Gasteiger partial charge on any atom is 0.274 e. The fourth-order valence-corrected chi connectivity index (χ4v) is 2.75. The second-order valence-electron chi connectivity index (χ2n) is 5.93. The van der Waals surface area contributed by atoms with Crippen LogP contribution in [-0.4, -0.2) is 22.3 Å². The van der Waals surface area contributed by atoms with Crippen molar-refractivity contribution in [1.29, 1.82) is 0 Å². The maximum absolute atomic E-state index is 12.6. The standard InChI is InChI=1S/C20H20N2O4/c23-19(21-25)16-9-8-15-10-12-22(20(24)18(15)14-16)11-4-5-13-26-17-6-2-1-3-7-17/h1-3,6-10,12,14,25H,4-5,11,13H2,(H,21,23). The van der Waals surface area contributed by atoms with Crippen molar-refractivity contribution >= 4 is 16.7 Å². The van der Waals surface area contributed by atoms with Gasteiger partial charge >= 0.3 is 0 Å². The normalized spacial score (nSPS) is 10.7. The molecule has 0 atom stereocenters. The smallest absolute Gasteiger partial charge is 0.274 e. The zero-order chi connectivity index (χ0) is 18.4. The summed E-state index contributed by atoms with van der Waals surface area (Å²) in [6.45, 7) is 1.16. The number of hydrogen-bond donors (Lipinski definition) is 2. The summed E-state index contributed by atoms with van der Waals surface area (Å²) < 4.78 is 7.27. The van der Waals surface area contributed by atoms with Gasteiger partial charge in [0.25, 0.3) is 11.5 Å². The van der Waals surface area contributed by atoms with Gasteiger partial charge in [0.15, 0.2) is 0 Å². The van der Waals surface area contributed by atoms with Crippen LogP contribution in [0.2, 0.25) is 0 Å². The van der Waals surface area contributed by atoms with E-state index in [2.05, 4.69) is 0 Å². The second-order valence-corrected chi connectivity index (χ2v) is 5.93. The number of aromatic nitrogens is 1. The average Bonchev–Trinajstić information content (AvgIpc) is 2.69. The first-order valence-electron chi connectivity index (χ1n) is 8.44. The minimum Gasteiger partial charge on any atom is -0.494 e.